The van der Waals surface area contributed by atoms with Gasteiger partial charge in [0.1, 0.15) is 0 Å². The summed E-state index contributed by atoms with van der Waals surface area (Å²) < 4.78 is 1.98. The van der Waals surface area contributed by atoms with Crippen LogP contribution in [0.5, 0.6) is 0 Å². The Morgan fingerprint density at radius 3 is 2.71 bits per heavy atom. The number of carbonyl (C=O) groups is 1. The minimum Gasteiger partial charge on any atom is -0.353 e. The molecular weight excluding hydrogens is 218 g/mol. The number of aromatic nitrogens is 2. The van der Waals surface area contributed by atoms with Gasteiger partial charge in [0, 0.05) is 37.7 Å². The zero-order valence-corrected chi connectivity index (χ0v) is 9.22. The standard InChI is InChI=1S/C12H13N3O2/c16-11-4-3-10(9-14-11)12(17)13-5-8-15-6-1-2-7-15/h1-4,6-7,9H,5,8H2,(H,13,17)(H,14,16). The summed E-state index contributed by atoms with van der Waals surface area (Å²) in [6, 6.07) is 6.71. The SMILES string of the molecule is O=C(NCCn1cccc1)c1ccc(=O)[nH]c1. The van der Waals surface area contributed by atoms with Crippen LogP contribution in [0.3, 0.4) is 0 Å². The van der Waals surface area contributed by atoms with Gasteiger partial charge in [-0.2, -0.15) is 0 Å². The fourth-order valence-electron chi connectivity index (χ4n) is 1.47. The monoisotopic (exact) mass is 231 g/mol. The lowest BCUT2D eigenvalue weighted by molar-refractivity contribution is 0.0952. The fourth-order valence-corrected chi connectivity index (χ4v) is 1.47. The molecule has 0 bridgehead atoms. The number of hydrogen-bond donors (Lipinski definition) is 2. The van der Waals surface area contributed by atoms with E-state index in [0.717, 1.165) is 6.54 Å². The first-order valence-electron chi connectivity index (χ1n) is 5.33. The number of carbonyl (C=O) groups excluding carboxylic acids is 1. The van der Waals surface area contributed by atoms with E-state index >= 15 is 0 Å². The van der Waals surface area contributed by atoms with Gasteiger partial charge in [-0.25, -0.2) is 0 Å². The predicted octanol–water partition coefficient (Wildman–Crippen LogP) is 0.606. The molecule has 0 saturated carbocycles. The van der Waals surface area contributed by atoms with Gasteiger partial charge in [-0.15, -0.1) is 0 Å². The maximum Gasteiger partial charge on any atom is 0.252 e. The average Bonchev–Trinajstić information content (AvgIpc) is 2.83. The second-order valence-electron chi connectivity index (χ2n) is 3.62. The number of amides is 1. The van der Waals surface area contributed by atoms with Crippen molar-refractivity contribution in [1.82, 2.24) is 14.9 Å². The summed E-state index contributed by atoms with van der Waals surface area (Å²) in [5.41, 5.74) is 0.242. The highest BCUT2D eigenvalue weighted by molar-refractivity contribution is 5.93. The molecule has 0 saturated heterocycles. The molecule has 2 heterocycles. The van der Waals surface area contributed by atoms with E-state index in [4.69, 9.17) is 0 Å². The van der Waals surface area contributed by atoms with E-state index in [1.54, 1.807) is 0 Å². The highest BCUT2D eigenvalue weighted by Gasteiger charge is 2.03. The first-order chi connectivity index (χ1) is 8.25. The Kier molecular flexibility index (Phi) is 3.40. The Morgan fingerprint density at radius 2 is 2.06 bits per heavy atom. The minimum atomic E-state index is -0.214. The van der Waals surface area contributed by atoms with Crippen molar-refractivity contribution >= 4 is 5.91 Å². The van der Waals surface area contributed by atoms with Crippen molar-refractivity contribution in [2.45, 2.75) is 6.54 Å². The third-order valence-electron chi connectivity index (χ3n) is 2.37. The van der Waals surface area contributed by atoms with Gasteiger partial charge in [0.25, 0.3) is 5.91 Å². The van der Waals surface area contributed by atoms with Crippen LogP contribution in [0.2, 0.25) is 0 Å². The van der Waals surface area contributed by atoms with E-state index < -0.39 is 0 Å². The fraction of sp³-hybridized carbons (Fsp3) is 0.167. The first kappa shape index (κ1) is 11.2. The van der Waals surface area contributed by atoms with Gasteiger partial charge < -0.3 is 14.9 Å². The van der Waals surface area contributed by atoms with Crippen LogP contribution in [0.15, 0.2) is 47.7 Å². The second-order valence-corrected chi connectivity index (χ2v) is 3.62. The van der Waals surface area contributed by atoms with E-state index in [9.17, 15) is 9.59 Å². The van der Waals surface area contributed by atoms with Gasteiger partial charge in [-0.3, -0.25) is 9.59 Å². The third kappa shape index (κ3) is 3.07. The van der Waals surface area contributed by atoms with E-state index in [-0.39, 0.29) is 11.5 Å². The average molecular weight is 231 g/mol. The molecule has 0 unspecified atom stereocenters. The summed E-state index contributed by atoms with van der Waals surface area (Å²) in [6.07, 6.45) is 5.28. The molecular formula is C12H13N3O2. The topological polar surface area (TPSA) is 66.9 Å². The summed E-state index contributed by atoms with van der Waals surface area (Å²) >= 11 is 0. The summed E-state index contributed by atoms with van der Waals surface area (Å²) in [6.45, 7) is 1.27. The van der Waals surface area contributed by atoms with Crippen LogP contribution in [-0.2, 0) is 6.54 Å². The number of pyridine rings is 1. The van der Waals surface area contributed by atoms with Gasteiger partial charge in [0.05, 0.1) is 5.56 Å². The molecule has 0 atom stereocenters. The molecule has 0 aliphatic heterocycles. The number of H-pyrrole nitrogens is 1. The molecule has 2 aromatic heterocycles. The molecule has 2 N–H and O–H groups in total. The van der Waals surface area contributed by atoms with Crippen LogP contribution in [0.4, 0.5) is 0 Å². The van der Waals surface area contributed by atoms with E-state index in [1.165, 1.54) is 18.3 Å². The smallest absolute Gasteiger partial charge is 0.252 e. The van der Waals surface area contributed by atoms with Crippen molar-refractivity contribution in [2.24, 2.45) is 0 Å². The molecule has 0 spiro atoms. The van der Waals surface area contributed by atoms with Crippen LogP contribution in [0, 0.1) is 0 Å². The van der Waals surface area contributed by atoms with Gasteiger partial charge in [0.15, 0.2) is 0 Å². The Morgan fingerprint density at radius 1 is 1.29 bits per heavy atom. The van der Waals surface area contributed by atoms with Gasteiger partial charge in [-0.05, 0) is 18.2 Å². The molecule has 5 nitrogen and oxygen atoms in total. The van der Waals surface area contributed by atoms with Gasteiger partial charge >= 0.3 is 0 Å². The van der Waals surface area contributed by atoms with Crippen LogP contribution < -0.4 is 10.9 Å². The van der Waals surface area contributed by atoms with E-state index in [2.05, 4.69) is 10.3 Å². The Balaban J connectivity index is 1.85. The van der Waals surface area contributed by atoms with Gasteiger partial charge in [0.2, 0.25) is 5.56 Å². The summed E-state index contributed by atoms with van der Waals surface area (Å²) in [7, 11) is 0. The number of hydrogen-bond acceptors (Lipinski definition) is 2. The quantitative estimate of drug-likeness (QED) is 0.809. The number of rotatable bonds is 4. The molecule has 2 rings (SSSR count). The summed E-state index contributed by atoms with van der Waals surface area (Å²) in [5, 5.41) is 2.77. The van der Waals surface area contributed by atoms with Crippen LogP contribution >= 0.6 is 0 Å². The van der Waals surface area contributed by atoms with Crippen LogP contribution in [0.1, 0.15) is 10.4 Å². The van der Waals surface area contributed by atoms with Gasteiger partial charge in [-0.1, -0.05) is 0 Å². The molecule has 0 fully saturated rings. The molecule has 0 aliphatic rings. The Labute approximate surface area is 98.1 Å². The van der Waals surface area contributed by atoms with Crippen LogP contribution in [0.25, 0.3) is 0 Å². The highest BCUT2D eigenvalue weighted by Crippen LogP contribution is 1.93. The highest BCUT2D eigenvalue weighted by atomic mass is 16.1. The van der Waals surface area contributed by atoms with E-state index in [0.29, 0.717) is 12.1 Å². The maximum absolute atomic E-state index is 11.6. The normalized spacial score (nSPS) is 10.1. The zero-order valence-electron chi connectivity index (χ0n) is 9.22. The third-order valence-corrected chi connectivity index (χ3v) is 2.37. The summed E-state index contributed by atoms with van der Waals surface area (Å²) in [5.74, 6) is -0.187. The first-order valence-corrected chi connectivity index (χ1v) is 5.33. The van der Waals surface area contributed by atoms with Crippen molar-refractivity contribution in [3.63, 3.8) is 0 Å². The number of aromatic amines is 1. The predicted molar refractivity (Wildman–Crippen MR) is 63.8 cm³/mol. The maximum atomic E-state index is 11.6. The van der Waals surface area contributed by atoms with Crippen molar-refractivity contribution < 1.29 is 4.79 Å². The molecule has 0 radical (unpaired) electrons. The van der Waals surface area contributed by atoms with Crippen molar-refractivity contribution in [2.75, 3.05) is 6.54 Å². The number of nitrogens with one attached hydrogen (secondary N) is 2. The summed E-state index contributed by atoms with van der Waals surface area (Å²) in [4.78, 5) is 24.9. The molecule has 88 valence electrons. The molecule has 2 aromatic rings. The van der Waals surface area contributed by atoms with Crippen molar-refractivity contribution in [3.05, 3.63) is 58.8 Å². The lowest BCUT2D eigenvalue weighted by atomic mass is 10.3. The van der Waals surface area contributed by atoms with Crippen LogP contribution in [-0.4, -0.2) is 22.0 Å². The molecule has 0 aromatic carbocycles. The van der Waals surface area contributed by atoms with Crippen molar-refractivity contribution in [1.29, 1.82) is 0 Å². The molecule has 0 aliphatic carbocycles. The van der Waals surface area contributed by atoms with E-state index in [1.807, 2.05) is 29.1 Å². The molecule has 1 amide bonds. The molecule has 5 heteroatoms. The molecule has 17 heavy (non-hydrogen) atoms. The number of nitrogens with zero attached hydrogens (tertiary/aromatic N) is 1. The zero-order chi connectivity index (χ0) is 12.1. The Hall–Kier alpha value is -2.30. The largest absolute Gasteiger partial charge is 0.353 e. The minimum absolute atomic E-state index is 0.187. The lowest BCUT2D eigenvalue weighted by Gasteiger charge is -2.05. The lowest BCUT2D eigenvalue weighted by Crippen LogP contribution is -2.27. The second kappa shape index (κ2) is 5.16. The van der Waals surface area contributed by atoms with Crippen molar-refractivity contribution in [3.8, 4) is 0 Å². The Bertz CT molecular complexity index is 523.